The van der Waals surface area contributed by atoms with Crippen molar-refractivity contribution in [3.05, 3.63) is 48.5 Å². The van der Waals surface area contributed by atoms with Crippen LogP contribution >= 0.6 is 0 Å². The van der Waals surface area contributed by atoms with E-state index >= 15 is 0 Å². The molecular weight excluding hydrogens is 452 g/mol. The number of nitrogens with one attached hydrogen (secondary N) is 2. The highest BCUT2D eigenvalue weighted by Crippen LogP contribution is 2.37. The number of ether oxygens (including phenoxy) is 1. The maximum Gasteiger partial charge on any atom is 0.152 e. The zero-order chi connectivity index (χ0) is 26.6. The standard InChI is InChI=1S/C34H56N2O/c1-5-7-9-11-13-15-18-23-29(3)35-32-27-22-28-33(37-31-25-20-17-21-26-31)34(32)36-30(4)24-19-16-14-12-10-8-6-2/h17,20-22,25-30,35-36H,5-16,18-19,23-24H2,1-4H3. The van der Waals surface area contributed by atoms with Crippen molar-refractivity contribution in [2.45, 2.75) is 143 Å². The van der Waals surface area contributed by atoms with Gasteiger partial charge in [0.15, 0.2) is 5.75 Å². The van der Waals surface area contributed by atoms with Crippen LogP contribution in [0.2, 0.25) is 0 Å². The molecule has 0 spiro atoms. The molecule has 2 atom stereocenters. The van der Waals surface area contributed by atoms with Gasteiger partial charge >= 0.3 is 0 Å². The van der Waals surface area contributed by atoms with Crippen molar-refractivity contribution < 1.29 is 4.74 Å². The summed E-state index contributed by atoms with van der Waals surface area (Å²) in [5.74, 6) is 1.77. The van der Waals surface area contributed by atoms with Gasteiger partial charge in [0.2, 0.25) is 0 Å². The minimum absolute atomic E-state index is 0.398. The number of benzene rings is 2. The number of anilines is 2. The zero-order valence-electron chi connectivity index (χ0n) is 24.5. The zero-order valence-corrected chi connectivity index (χ0v) is 24.5. The third-order valence-corrected chi connectivity index (χ3v) is 7.27. The van der Waals surface area contributed by atoms with Crippen molar-refractivity contribution in [3.63, 3.8) is 0 Å². The Hall–Kier alpha value is -2.16. The molecule has 0 aromatic heterocycles. The molecule has 0 bridgehead atoms. The van der Waals surface area contributed by atoms with Gasteiger partial charge in [0.25, 0.3) is 0 Å². The summed E-state index contributed by atoms with van der Waals surface area (Å²) in [7, 11) is 0. The van der Waals surface area contributed by atoms with Gasteiger partial charge in [0, 0.05) is 12.1 Å². The SMILES string of the molecule is CCCCCCCCCC(C)Nc1cccc(Oc2ccccc2)c1NC(C)CCCCCCCCC. The van der Waals surface area contributed by atoms with Gasteiger partial charge in [-0.05, 0) is 51.0 Å². The average molecular weight is 509 g/mol. The van der Waals surface area contributed by atoms with Crippen LogP contribution in [-0.2, 0) is 0 Å². The second kappa shape index (κ2) is 19.9. The predicted molar refractivity (Wildman–Crippen MR) is 164 cm³/mol. The second-order valence-electron chi connectivity index (χ2n) is 11.0. The molecule has 2 aromatic rings. The van der Waals surface area contributed by atoms with Gasteiger partial charge in [0.1, 0.15) is 11.4 Å². The van der Waals surface area contributed by atoms with Crippen molar-refractivity contribution >= 4 is 11.4 Å². The number of para-hydroxylation sites is 2. The van der Waals surface area contributed by atoms with Crippen molar-refractivity contribution in [1.29, 1.82) is 0 Å². The average Bonchev–Trinajstić information content (AvgIpc) is 2.90. The van der Waals surface area contributed by atoms with Crippen LogP contribution in [0.15, 0.2) is 48.5 Å². The molecule has 3 nitrogen and oxygen atoms in total. The van der Waals surface area contributed by atoms with Gasteiger partial charge in [-0.15, -0.1) is 0 Å². The molecule has 3 heteroatoms. The topological polar surface area (TPSA) is 33.3 Å². The van der Waals surface area contributed by atoms with Crippen LogP contribution in [-0.4, -0.2) is 12.1 Å². The monoisotopic (exact) mass is 508 g/mol. The van der Waals surface area contributed by atoms with E-state index in [0.29, 0.717) is 12.1 Å². The molecule has 0 heterocycles. The Balaban J connectivity index is 1.94. The van der Waals surface area contributed by atoms with E-state index in [1.54, 1.807) is 0 Å². The third-order valence-electron chi connectivity index (χ3n) is 7.27. The van der Waals surface area contributed by atoms with Gasteiger partial charge in [-0.1, -0.05) is 128 Å². The summed E-state index contributed by atoms with van der Waals surface area (Å²) in [5, 5.41) is 7.63. The lowest BCUT2D eigenvalue weighted by molar-refractivity contribution is 0.483. The van der Waals surface area contributed by atoms with Gasteiger partial charge in [-0.2, -0.15) is 0 Å². The van der Waals surface area contributed by atoms with Crippen LogP contribution in [0.4, 0.5) is 11.4 Å². The highest BCUT2D eigenvalue weighted by atomic mass is 16.5. The van der Waals surface area contributed by atoms with E-state index in [1.165, 1.54) is 103 Å². The number of hydrogen-bond acceptors (Lipinski definition) is 3. The highest BCUT2D eigenvalue weighted by molar-refractivity contribution is 5.76. The Labute approximate surface area is 229 Å². The molecule has 2 unspecified atom stereocenters. The predicted octanol–water partition coefficient (Wildman–Crippen LogP) is 11.4. The smallest absolute Gasteiger partial charge is 0.152 e. The molecule has 0 radical (unpaired) electrons. The van der Waals surface area contributed by atoms with E-state index in [-0.39, 0.29) is 0 Å². The molecule has 0 aliphatic rings. The molecule has 0 saturated carbocycles. The summed E-state index contributed by atoms with van der Waals surface area (Å²) in [5.41, 5.74) is 2.24. The molecule has 0 fully saturated rings. The molecule has 2 N–H and O–H groups in total. The van der Waals surface area contributed by atoms with E-state index in [4.69, 9.17) is 4.74 Å². The lowest BCUT2D eigenvalue weighted by Gasteiger charge is -2.24. The Bertz CT molecular complexity index is 807. The van der Waals surface area contributed by atoms with E-state index in [2.05, 4.69) is 56.5 Å². The second-order valence-corrected chi connectivity index (χ2v) is 11.0. The molecule has 37 heavy (non-hydrogen) atoms. The Kier molecular flexibility index (Phi) is 16.7. The molecule has 0 aliphatic carbocycles. The number of hydrogen-bond donors (Lipinski definition) is 2. The fourth-order valence-corrected chi connectivity index (χ4v) is 4.97. The largest absolute Gasteiger partial charge is 0.455 e. The quantitative estimate of drug-likeness (QED) is 0.155. The van der Waals surface area contributed by atoms with Crippen LogP contribution in [0.3, 0.4) is 0 Å². The lowest BCUT2D eigenvalue weighted by Crippen LogP contribution is -2.20. The summed E-state index contributed by atoms with van der Waals surface area (Å²) in [4.78, 5) is 0. The molecular formula is C34H56N2O. The molecule has 2 aromatic carbocycles. The number of rotatable bonds is 22. The Morgan fingerprint density at radius 2 is 1.08 bits per heavy atom. The molecule has 0 aliphatic heterocycles. The fourth-order valence-electron chi connectivity index (χ4n) is 4.97. The first kappa shape index (κ1) is 31.1. The summed E-state index contributed by atoms with van der Waals surface area (Å²) in [6, 6.07) is 17.3. The minimum Gasteiger partial charge on any atom is -0.455 e. The van der Waals surface area contributed by atoms with Crippen molar-refractivity contribution in [1.82, 2.24) is 0 Å². The highest BCUT2D eigenvalue weighted by Gasteiger charge is 2.15. The molecule has 2 rings (SSSR count). The Morgan fingerprint density at radius 3 is 1.65 bits per heavy atom. The van der Waals surface area contributed by atoms with E-state index < -0.39 is 0 Å². The normalized spacial score (nSPS) is 12.8. The lowest BCUT2D eigenvalue weighted by atomic mass is 10.0. The first-order chi connectivity index (χ1) is 18.1. The van der Waals surface area contributed by atoms with Crippen LogP contribution in [0.25, 0.3) is 0 Å². The van der Waals surface area contributed by atoms with Crippen molar-refractivity contribution in [2.75, 3.05) is 10.6 Å². The van der Waals surface area contributed by atoms with Gasteiger partial charge in [-0.3, -0.25) is 0 Å². The van der Waals surface area contributed by atoms with Crippen molar-refractivity contribution in [2.24, 2.45) is 0 Å². The third kappa shape index (κ3) is 13.8. The van der Waals surface area contributed by atoms with E-state index in [1.807, 2.05) is 30.3 Å². The van der Waals surface area contributed by atoms with E-state index in [0.717, 1.165) is 22.9 Å². The summed E-state index contributed by atoms with van der Waals surface area (Å²) >= 11 is 0. The van der Waals surface area contributed by atoms with Gasteiger partial charge < -0.3 is 15.4 Å². The molecule has 0 saturated heterocycles. The maximum absolute atomic E-state index is 6.36. The fraction of sp³-hybridized carbons (Fsp3) is 0.647. The number of unbranched alkanes of at least 4 members (excludes halogenated alkanes) is 12. The molecule has 0 amide bonds. The first-order valence-corrected chi connectivity index (χ1v) is 15.5. The van der Waals surface area contributed by atoms with Crippen LogP contribution < -0.4 is 15.4 Å². The van der Waals surface area contributed by atoms with Crippen LogP contribution in [0, 0.1) is 0 Å². The Morgan fingerprint density at radius 1 is 0.568 bits per heavy atom. The van der Waals surface area contributed by atoms with Crippen LogP contribution in [0.1, 0.15) is 130 Å². The summed E-state index contributed by atoms with van der Waals surface area (Å²) < 4.78 is 6.36. The van der Waals surface area contributed by atoms with Crippen LogP contribution in [0.5, 0.6) is 11.5 Å². The minimum atomic E-state index is 0.398. The first-order valence-electron chi connectivity index (χ1n) is 15.5. The summed E-state index contributed by atoms with van der Waals surface area (Å²) in [6.07, 6.45) is 21.3. The molecule has 208 valence electrons. The van der Waals surface area contributed by atoms with Gasteiger partial charge in [-0.25, -0.2) is 0 Å². The van der Waals surface area contributed by atoms with Gasteiger partial charge in [0.05, 0.1) is 5.69 Å². The van der Waals surface area contributed by atoms with E-state index in [9.17, 15) is 0 Å². The van der Waals surface area contributed by atoms with Crippen molar-refractivity contribution in [3.8, 4) is 11.5 Å². The summed E-state index contributed by atoms with van der Waals surface area (Å²) in [6.45, 7) is 9.19. The maximum atomic E-state index is 6.36.